The number of pyridine rings is 1. The van der Waals surface area contributed by atoms with Crippen LogP contribution < -0.4 is 10.5 Å². The van der Waals surface area contributed by atoms with E-state index in [0.717, 1.165) is 31.6 Å². The summed E-state index contributed by atoms with van der Waals surface area (Å²) in [6, 6.07) is 3.62. The molecule has 0 aliphatic carbocycles. The molecule has 86 valence electrons. The summed E-state index contributed by atoms with van der Waals surface area (Å²) in [6.07, 6.45) is 3.67. The lowest BCUT2D eigenvalue weighted by Crippen LogP contribution is -2.26. The molecular weight excluding hydrogens is 224 g/mol. The zero-order valence-corrected chi connectivity index (χ0v) is 9.70. The van der Waals surface area contributed by atoms with Gasteiger partial charge in [0.1, 0.15) is 11.1 Å². The highest BCUT2D eigenvalue weighted by Gasteiger charge is 2.15. The van der Waals surface area contributed by atoms with Crippen LogP contribution in [0.2, 0.25) is 0 Å². The zero-order chi connectivity index (χ0) is 11.4. The van der Waals surface area contributed by atoms with E-state index in [-0.39, 0.29) is 6.10 Å². The van der Waals surface area contributed by atoms with Gasteiger partial charge in [-0.05, 0) is 6.07 Å². The second kappa shape index (κ2) is 5.23. The van der Waals surface area contributed by atoms with Gasteiger partial charge < -0.3 is 15.2 Å². The first kappa shape index (κ1) is 11.3. The maximum Gasteiger partial charge on any atom is 0.213 e. The molecular formula is C11H14N2O2S. The van der Waals surface area contributed by atoms with E-state index >= 15 is 0 Å². The Bertz CT molecular complexity index is 361. The number of hydrogen-bond acceptors (Lipinski definition) is 4. The molecule has 0 unspecified atom stereocenters. The molecule has 2 heterocycles. The lowest BCUT2D eigenvalue weighted by Gasteiger charge is -2.22. The first-order chi connectivity index (χ1) is 7.75. The van der Waals surface area contributed by atoms with Gasteiger partial charge >= 0.3 is 0 Å². The van der Waals surface area contributed by atoms with Crippen molar-refractivity contribution in [3.63, 3.8) is 0 Å². The van der Waals surface area contributed by atoms with Gasteiger partial charge in [-0.2, -0.15) is 0 Å². The van der Waals surface area contributed by atoms with E-state index in [1.807, 2.05) is 6.07 Å². The highest BCUT2D eigenvalue weighted by atomic mass is 32.1. The molecule has 1 fully saturated rings. The third kappa shape index (κ3) is 2.90. The van der Waals surface area contributed by atoms with Crippen LogP contribution in [0, 0.1) is 0 Å². The monoisotopic (exact) mass is 238 g/mol. The Morgan fingerprint density at radius 1 is 1.44 bits per heavy atom. The highest BCUT2D eigenvalue weighted by Crippen LogP contribution is 2.15. The summed E-state index contributed by atoms with van der Waals surface area (Å²) in [5.41, 5.74) is 6.24. The predicted molar refractivity (Wildman–Crippen MR) is 64.6 cm³/mol. The fourth-order valence-corrected chi connectivity index (χ4v) is 1.68. The minimum Gasteiger partial charge on any atom is -0.474 e. The van der Waals surface area contributed by atoms with Gasteiger partial charge in [0.05, 0.1) is 13.2 Å². The van der Waals surface area contributed by atoms with Gasteiger partial charge in [0, 0.05) is 30.7 Å². The van der Waals surface area contributed by atoms with E-state index in [1.165, 1.54) is 0 Å². The van der Waals surface area contributed by atoms with Crippen LogP contribution in [0.15, 0.2) is 18.3 Å². The van der Waals surface area contributed by atoms with E-state index in [4.69, 9.17) is 27.4 Å². The van der Waals surface area contributed by atoms with Gasteiger partial charge in [-0.25, -0.2) is 4.98 Å². The van der Waals surface area contributed by atoms with Crippen LogP contribution in [0.3, 0.4) is 0 Å². The summed E-state index contributed by atoms with van der Waals surface area (Å²) in [5, 5.41) is 0. The van der Waals surface area contributed by atoms with Crippen LogP contribution in [0.4, 0.5) is 0 Å². The number of nitrogens with zero attached hydrogens (tertiary/aromatic N) is 1. The molecule has 16 heavy (non-hydrogen) atoms. The van der Waals surface area contributed by atoms with Gasteiger partial charge in [0.15, 0.2) is 0 Å². The van der Waals surface area contributed by atoms with Crippen LogP contribution in [-0.2, 0) is 4.74 Å². The van der Waals surface area contributed by atoms with E-state index in [9.17, 15) is 0 Å². The first-order valence-electron chi connectivity index (χ1n) is 5.26. The van der Waals surface area contributed by atoms with Gasteiger partial charge in [-0.15, -0.1) is 0 Å². The van der Waals surface area contributed by atoms with Gasteiger partial charge in [0.25, 0.3) is 0 Å². The van der Waals surface area contributed by atoms with Crippen LogP contribution in [0.25, 0.3) is 0 Å². The maximum absolute atomic E-state index is 5.71. The minimum absolute atomic E-state index is 0.205. The average Bonchev–Trinajstić information content (AvgIpc) is 2.31. The highest BCUT2D eigenvalue weighted by molar-refractivity contribution is 7.80. The molecule has 0 amide bonds. The van der Waals surface area contributed by atoms with Crippen molar-refractivity contribution in [2.45, 2.75) is 18.9 Å². The van der Waals surface area contributed by atoms with Crippen LogP contribution >= 0.6 is 12.2 Å². The van der Waals surface area contributed by atoms with Crippen molar-refractivity contribution in [3.05, 3.63) is 23.9 Å². The number of nitrogens with two attached hydrogens (primary N) is 1. The molecule has 1 aliphatic heterocycles. The Morgan fingerprint density at radius 3 is 2.75 bits per heavy atom. The topological polar surface area (TPSA) is 57.4 Å². The van der Waals surface area contributed by atoms with Crippen LogP contribution in [0.5, 0.6) is 5.88 Å². The Morgan fingerprint density at radius 2 is 2.19 bits per heavy atom. The van der Waals surface area contributed by atoms with E-state index in [0.29, 0.717) is 10.9 Å². The summed E-state index contributed by atoms with van der Waals surface area (Å²) in [4.78, 5) is 4.52. The molecule has 0 atom stereocenters. The zero-order valence-electron chi connectivity index (χ0n) is 8.89. The number of ether oxygens (including phenoxy) is 2. The van der Waals surface area contributed by atoms with Crippen LogP contribution in [0.1, 0.15) is 18.4 Å². The van der Waals surface area contributed by atoms with E-state index in [2.05, 4.69) is 4.98 Å². The quantitative estimate of drug-likeness (QED) is 0.804. The lowest BCUT2D eigenvalue weighted by molar-refractivity contribution is 0.0237. The Kier molecular flexibility index (Phi) is 3.69. The van der Waals surface area contributed by atoms with Gasteiger partial charge in [0.2, 0.25) is 5.88 Å². The molecule has 0 radical (unpaired) electrons. The molecule has 1 aliphatic rings. The van der Waals surface area contributed by atoms with Crippen molar-refractivity contribution in [3.8, 4) is 5.88 Å². The summed E-state index contributed by atoms with van der Waals surface area (Å²) in [5.74, 6) is 0.618. The summed E-state index contributed by atoms with van der Waals surface area (Å²) >= 11 is 4.85. The van der Waals surface area contributed by atoms with Crippen molar-refractivity contribution in [1.29, 1.82) is 0 Å². The fourth-order valence-electron chi connectivity index (χ4n) is 1.56. The number of thiocarbonyl (C=S) groups is 1. The second-order valence-electron chi connectivity index (χ2n) is 3.68. The minimum atomic E-state index is 0.205. The third-order valence-corrected chi connectivity index (χ3v) is 2.71. The maximum atomic E-state index is 5.71. The van der Waals surface area contributed by atoms with Crippen molar-refractivity contribution in [1.82, 2.24) is 4.98 Å². The average molecular weight is 238 g/mol. The molecule has 0 spiro atoms. The molecule has 0 aromatic carbocycles. The summed E-state index contributed by atoms with van der Waals surface area (Å²) in [7, 11) is 0. The molecule has 2 N–H and O–H groups in total. The first-order valence-corrected chi connectivity index (χ1v) is 5.67. The van der Waals surface area contributed by atoms with Crippen molar-refractivity contribution >= 4 is 17.2 Å². The van der Waals surface area contributed by atoms with E-state index in [1.54, 1.807) is 12.3 Å². The summed E-state index contributed by atoms with van der Waals surface area (Å²) < 4.78 is 11.0. The Balaban J connectivity index is 1.96. The van der Waals surface area contributed by atoms with E-state index < -0.39 is 0 Å². The summed E-state index contributed by atoms with van der Waals surface area (Å²) in [6.45, 7) is 1.52. The number of rotatable bonds is 3. The Labute approximate surface area is 99.8 Å². The molecule has 1 saturated heterocycles. The molecule has 0 saturated carbocycles. The molecule has 0 bridgehead atoms. The van der Waals surface area contributed by atoms with Crippen molar-refractivity contribution < 1.29 is 9.47 Å². The fraction of sp³-hybridized carbons (Fsp3) is 0.455. The largest absolute Gasteiger partial charge is 0.474 e. The third-order valence-electron chi connectivity index (χ3n) is 2.48. The normalized spacial score (nSPS) is 17.0. The molecule has 1 aromatic rings. The molecule has 4 nitrogen and oxygen atoms in total. The Hall–Kier alpha value is -1.20. The van der Waals surface area contributed by atoms with Crippen molar-refractivity contribution in [2.24, 2.45) is 5.73 Å². The lowest BCUT2D eigenvalue weighted by atomic mass is 10.1. The second-order valence-corrected chi connectivity index (χ2v) is 4.12. The molecule has 2 rings (SSSR count). The van der Waals surface area contributed by atoms with Crippen LogP contribution in [-0.4, -0.2) is 29.3 Å². The number of hydrogen-bond donors (Lipinski definition) is 1. The van der Waals surface area contributed by atoms with Crippen molar-refractivity contribution in [2.75, 3.05) is 13.2 Å². The van der Waals surface area contributed by atoms with Gasteiger partial charge in [-0.3, -0.25) is 0 Å². The smallest absolute Gasteiger partial charge is 0.213 e. The standard InChI is InChI=1S/C11H14N2O2S/c12-11(16)8-1-2-10(13-7-8)15-9-3-5-14-6-4-9/h1-2,7,9H,3-6H2,(H2,12,16). The predicted octanol–water partition coefficient (Wildman–Crippen LogP) is 1.27. The van der Waals surface area contributed by atoms with Gasteiger partial charge in [-0.1, -0.05) is 12.2 Å². The SMILES string of the molecule is NC(=S)c1ccc(OC2CCOCC2)nc1. The molecule has 1 aromatic heterocycles. The number of aromatic nitrogens is 1. The molecule has 5 heteroatoms.